The number of aromatic carboxylic acids is 1. The molecule has 0 saturated carbocycles. The van der Waals surface area contributed by atoms with Gasteiger partial charge in [0.15, 0.2) is 3.95 Å². The maximum atomic E-state index is 11.8. The number of ether oxygens (including phenoxy) is 1. The Kier molecular flexibility index (Phi) is 5.57. The molecule has 0 saturated heterocycles. The van der Waals surface area contributed by atoms with Crippen LogP contribution in [-0.4, -0.2) is 37.1 Å². The molecule has 5 rings (SSSR count). The lowest BCUT2D eigenvalue weighted by molar-refractivity contribution is 0.0703. The molecule has 2 aromatic carbocycles. The van der Waals surface area contributed by atoms with E-state index in [-0.39, 0.29) is 4.88 Å². The lowest BCUT2D eigenvalue weighted by Crippen LogP contribution is -2.05. The van der Waals surface area contributed by atoms with Crippen molar-refractivity contribution in [1.82, 2.24) is 18.9 Å². The van der Waals surface area contributed by atoms with Gasteiger partial charge in [-0.2, -0.15) is 4.98 Å². The van der Waals surface area contributed by atoms with E-state index >= 15 is 0 Å². The number of carbonyl (C=O) groups is 1. The maximum absolute atomic E-state index is 11.8. The lowest BCUT2D eigenvalue weighted by atomic mass is 9.98. The number of hydrogen-bond acceptors (Lipinski definition) is 7. The Morgan fingerprint density at radius 2 is 1.88 bits per heavy atom. The number of aromatic nitrogens is 4. The summed E-state index contributed by atoms with van der Waals surface area (Å²) in [4.78, 5) is 21.8. The summed E-state index contributed by atoms with van der Waals surface area (Å²) < 4.78 is 11.0. The van der Waals surface area contributed by atoms with Gasteiger partial charge in [0.1, 0.15) is 16.2 Å². The number of rotatable bonds is 6. The molecular formula is C23H18N4O3S3. The van der Waals surface area contributed by atoms with Crippen LogP contribution < -0.4 is 4.74 Å². The maximum Gasteiger partial charge on any atom is 0.348 e. The second kappa shape index (κ2) is 8.54. The molecular weight excluding hydrogens is 476 g/mol. The van der Waals surface area contributed by atoms with Crippen LogP contribution in [0.3, 0.4) is 0 Å². The number of nitrogens with zero attached hydrogens (tertiary/aromatic N) is 3. The Morgan fingerprint density at radius 1 is 1.15 bits per heavy atom. The fourth-order valence-corrected chi connectivity index (χ4v) is 5.49. The highest BCUT2D eigenvalue weighted by Gasteiger charge is 2.23. The molecule has 0 radical (unpaired) electrons. The summed E-state index contributed by atoms with van der Waals surface area (Å²) in [7, 11) is 1.54. The molecule has 33 heavy (non-hydrogen) atoms. The number of aromatic amines is 1. The number of fused-ring (bicyclic) bond motifs is 1. The molecule has 0 unspecified atom stereocenters. The van der Waals surface area contributed by atoms with E-state index in [4.69, 9.17) is 17.0 Å². The van der Waals surface area contributed by atoms with Gasteiger partial charge in [-0.05, 0) is 47.4 Å². The van der Waals surface area contributed by atoms with Gasteiger partial charge >= 0.3 is 5.97 Å². The van der Waals surface area contributed by atoms with Crippen LogP contribution in [0.2, 0.25) is 0 Å². The van der Waals surface area contributed by atoms with Gasteiger partial charge in [-0.1, -0.05) is 48.5 Å². The van der Waals surface area contributed by atoms with E-state index in [1.807, 2.05) is 54.0 Å². The quantitative estimate of drug-likeness (QED) is 0.281. The van der Waals surface area contributed by atoms with Crippen molar-refractivity contribution in [2.24, 2.45) is 0 Å². The molecule has 2 N–H and O–H groups in total. The van der Waals surface area contributed by atoms with Gasteiger partial charge in [0.05, 0.1) is 19.2 Å². The lowest BCUT2D eigenvalue weighted by Gasteiger charge is -2.11. The van der Waals surface area contributed by atoms with Gasteiger partial charge in [0, 0.05) is 10.4 Å². The highest BCUT2D eigenvalue weighted by atomic mass is 32.2. The van der Waals surface area contributed by atoms with Crippen LogP contribution in [0.25, 0.3) is 33.5 Å². The van der Waals surface area contributed by atoms with Crippen molar-refractivity contribution in [2.45, 2.75) is 13.5 Å². The molecule has 166 valence electrons. The van der Waals surface area contributed by atoms with Crippen LogP contribution in [0.4, 0.5) is 0 Å². The Morgan fingerprint density at radius 3 is 2.52 bits per heavy atom. The van der Waals surface area contributed by atoms with Crippen molar-refractivity contribution >= 4 is 52.1 Å². The number of hydrogen-bond donors (Lipinski definition) is 2. The summed E-state index contributed by atoms with van der Waals surface area (Å²) in [5, 5.41) is 9.67. The number of H-pyrrole nitrogens is 1. The minimum absolute atomic E-state index is 0.268. The largest absolute Gasteiger partial charge is 0.477 e. The van der Waals surface area contributed by atoms with Crippen LogP contribution in [0, 0.1) is 10.9 Å². The molecule has 3 heterocycles. The topological polar surface area (TPSA) is 93.0 Å². The molecule has 0 aliphatic heterocycles. The summed E-state index contributed by atoms with van der Waals surface area (Å²) >= 11 is 7.74. The van der Waals surface area contributed by atoms with E-state index in [9.17, 15) is 9.90 Å². The van der Waals surface area contributed by atoms with Crippen LogP contribution in [0.1, 0.15) is 20.1 Å². The molecule has 5 aromatic rings. The normalized spacial score (nSPS) is 11.2. The Balaban J connectivity index is 1.52. The van der Waals surface area contributed by atoms with E-state index in [1.54, 1.807) is 7.11 Å². The second-order valence-electron chi connectivity index (χ2n) is 7.35. The minimum atomic E-state index is -0.963. The van der Waals surface area contributed by atoms with E-state index in [2.05, 4.69) is 20.4 Å². The molecule has 0 amide bonds. The molecule has 0 bridgehead atoms. The number of nitrogens with one attached hydrogen (secondary N) is 1. The molecule has 0 atom stereocenters. The third-order valence-corrected chi connectivity index (χ3v) is 7.31. The van der Waals surface area contributed by atoms with Crippen molar-refractivity contribution in [3.63, 3.8) is 0 Å². The Labute approximate surface area is 202 Å². The molecule has 0 aliphatic rings. The SMILES string of the molecule is COc1nc2c(C)sc(C(=O)O)c2n1Cc1ccc(-c2ccccc2-c2nc(=S)s[nH]2)cc1. The van der Waals surface area contributed by atoms with Crippen LogP contribution in [0.15, 0.2) is 48.5 Å². The van der Waals surface area contributed by atoms with Gasteiger partial charge in [-0.25, -0.2) is 9.78 Å². The average Bonchev–Trinajstić information content (AvgIpc) is 3.50. The van der Waals surface area contributed by atoms with Gasteiger partial charge < -0.3 is 9.84 Å². The average molecular weight is 495 g/mol. The second-order valence-corrected chi connectivity index (χ2v) is 10.0. The van der Waals surface area contributed by atoms with E-state index < -0.39 is 5.97 Å². The number of carboxylic acid groups (broad SMARTS) is 1. The molecule has 0 aliphatic carbocycles. The third kappa shape index (κ3) is 3.86. The molecule has 3 aromatic heterocycles. The number of methoxy groups -OCH3 is 1. The van der Waals surface area contributed by atoms with Crippen LogP contribution in [-0.2, 0) is 6.54 Å². The fraction of sp³-hybridized carbons (Fsp3) is 0.130. The first kappa shape index (κ1) is 21.5. The third-order valence-electron chi connectivity index (χ3n) is 5.34. The van der Waals surface area contributed by atoms with Crippen molar-refractivity contribution in [2.75, 3.05) is 7.11 Å². The molecule has 10 heteroatoms. The van der Waals surface area contributed by atoms with Crippen molar-refractivity contribution in [3.05, 3.63) is 67.8 Å². The zero-order valence-corrected chi connectivity index (χ0v) is 20.1. The van der Waals surface area contributed by atoms with Crippen molar-refractivity contribution in [3.8, 4) is 28.5 Å². The van der Waals surface area contributed by atoms with Crippen molar-refractivity contribution in [1.29, 1.82) is 0 Å². The van der Waals surface area contributed by atoms with Gasteiger partial charge in [0.25, 0.3) is 6.01 Å². The zero-order valence-electron chi connectivity index (χ0n) is 17.7. The first-order chi connectivity index (χ1) is 16.0. The Bertz CT molecular complexity index is 1540. The smallest absolute Gasteiger partial charge is 0.348 e. The minimum Gasteiger partial charge on any atom is -0.477 e. The monoisotopic (exact) mass is 494 g/mol. The van der Waals surface area contributed by atoms with Gasteiger partial charge in [-0.3, -0.25) is 8.94 Å². The number of benzene rings is 2. The first-order valence-electron chi connectivity index (χ1n) is 9.97. The summed E-state index contributed by atoms with van der Waals surface area (Å²) in [6, 6.07) is 16.6. The van der Waals surface area contributed by atoms with E-state index in [1.165, 1.54) is 22.9 Å². The van der Waals surface area contributed by atoms with E-state index in [0.717, 1.165) is 33.0 Å². The molecule has 7 nitrogen and oxygen atoms in total. The first-order valence-corrected chi connectivity index (χ1v) is 12.0. The number of thiophene rings is 1. The van der Waals surface area contributed by atoms with Gasteiger partial charge in [-0.15, -0.1) is 11.3 Å². The van der Waals surface area contributed by atoms with Gasteiger partial charge in [0.2, 0.25) is 0 Å². The predicted molar refractivity (Wildman–Crippen MR) is 133 cm³/mol. The summed E-state index contributed by atoms with van der Waals surface area (Å²) in [5.41, 5.74) is 5.33. The van der Waals surface area contributed by atoms with Crippen LogP contribution in [0.5, 0.6) is 6.01 Å². The number of carboxylic acids is 1. The summed E-state index contributed by atoms with van der Waals surface area (Å²) in [6.07, 6.45) is 0. The number of aryl methyl sites for hydroxylation is 1. The van der Waals surface area contributed by atoms with Crippen molar-refractivity contribution < 1.29 is 14.6 Å². The summed E-state index contributed by atoms with van der Waals surface area (Å²) in [5.74, 6) is -0.209. The Hall–Kier alpha value is -3.34. The molecule has 0 fully saturated rings. The fourth-order valence-electron chi connectivity index (χ4n) is 3.86. The molecule has 0 spiro atoms. The highest BCUT2D eigenvalue weighted by Crippen LogP contribution is 2.35. The number of imidazole rings is 1. The van der Waals surface area contributed by atoms with Crippen LogP contribution >= 0.6 is 35.1 Å². The highest BCUT2D eigenvalue weighted by molar-refractivity contribution is 7.73. The van der Waals surface area contributed by atoms with E-state index in [0.29, 0.717) is 27.5 Å². The summed E-state index contributed by atoms with van der Waals surface area (Å²) in [6.45, 7) is 2.31. The standard InChI is InChI=1S/C23H18N4O3S3/c1-12-17-18(19(32-12)21(28)29)27(22(24-17)30-2)11-13-7-9-14(10-8-13)15-5-3-4-6-16(15)20-25-23(31)33-26-20/h3-10H,11H2,1-2H3,(H,28,29)(H,25,26,31). The zero-order chi connectivity index (χ0) is 23.1. The predicted octanol–water partition coefficient (Wildman–Crippen LogP) is 6.01.